The van der Waals surface area contributed by atoms with Gasteiger partial charge in [-0.25, -0.2) is 4.79 Å². The maximum Gasteiger partial charge on any atom is 0.416 e. The molecule has 0 saturated carbocycles. The Balaban J connectivity index is 2.27. The number of aromatic nitrogens is 1. The predicted molar refractivity (Wildman–Crippen MR) is 91.3 cm³/mol. The lowest BCUT2D eigenvalue weighted by molar-refractivity contribution is -0.143. The number of hydrogen-bond acceptors (Lipinski definition) is 4. The Kier molecular flexibility index (Phi) is 6.15. The highest BCUT2D eigenvalue weighted by Gasteiger charge is 2.37. The topological polar surface area (TPSA) is 76.2 Å². The van der Waals surface area contributed by atoms with Crippen LogP contribution < -0.4 is 0 Å². The number of H-pyrrole nitrogens is 1. The lowest BCUT2D eigenvalue weighted by Gasteiger charge is -2.13. The minimum Gasteiger partial charge on any atom is -0.454 e. The second-order valence-electron chi connectivity index (χ2n) is 6.48. The summed E-state index contributed by atoms with van der Waals surface area (Å²) >= 11 is 0. The molecule has 0 amide bonds. The maximum absolute atomic E-state index is 12.9. The summed E-state index contributed by atoms with van der Waals surface area (Å²) in [6, 6.07) is 0.288. The van der Waals surface area contributed by atoms with Crippen LogP contribution in [0.3, 0.4) is 0 Å². The summed E-state index contributed by atoms with van der Waals surface area (Å²) in [4.78, 5) is 38.5. The summed E-state index contributed by atoms with van der Waals surface area (Å²) < 4.78 is 81.9. The lowest BCUT2D eigenvalue weighted by Crippen LogP contribution is -2.18. The van der Waals surface area contributed by atoms with Gasteiger partial charge in [0.2, 0.25) is 5.78 Å². The number of ether oxygens (including phenoxy) is 1. The molecule has 0 spiro atoms. The Morgan fingerprint density at radius 1 is 0.933 bits per heavy atom. The second-order valence-corrected chi connectivity index (χ2v) is 6.48. The van der Waals surface area contributed by atoms with E-state index in [0.717, 1.165) is 0 Å². The Hall–Kier alpha value is -3.11. The molecule has 2 aromatic rings. The van der Waals surface area contributed by atoms with Crippen molar-refractivity contribution in [3.8, 4) is 0 Å². The van der Waals surface area contributed by atoms with E-state index in [1.807, 2.05) is 0 Å². The summed E-state index contributed by atoms with van der Waals surface area (Å²) in [7, 11) is 0. The Morgan fingerprint density at radius 3 is 1.83 bits per heavy atom. The van der Waals surface area contributed by atoms with E-state index in [-0.39, 0.29) is 35.2 Å². The average Bonchev–Trinajstić information content (AvgIpc) is 2.92. The van der Waals surface area contributed by atoms with Crippen LogP contribution >= 0.6 is 0 Å². The number of Topliss-reactive ketones (excluding diaryl/α,β-unsaturated/α-hetero) is 2. The summed E-state index contributed by atoms with van der Waals surface area (Å²) in [5, 5.41) is 0. The van der Waals surface area contributed by atoms with E-state index >= 15 is 0 Å². The fraction of sp³-hybridized carbons (Fsp3) is 0.316. The average molecular weight is 435 g/mol. The molecule has 0 atom stereocenters. The second kappa shape index (κ2) is 7.96. The first-order valence-corrected chi connectivity index (χ1v) is 8.32. The molecule has 1 aromatic heterocycles. The number of alkyl halides is 6. The molecule has 0 fully saturated rings. The number of halogens is 6. The molecular formula is C19H15F6NO4. The fourth-order valence-electron chi connectivity index (χ4n) is 2.92. The summed E-state index contributed by atoms with van der Waals surface area (Å²) in [6.07, 6.45) is -10.3. The largest absolute Gasteiger partial charge is 0.454 e. The number of carbonyl (C=O) groups is 3. The van der Waals surface area contributed by atoms with Gasteiger partial charge < -0.3 is 9.72 Å². The maximum atomic E-state index is 12.9. The molecule has 162 valence electrons. The molecule has 0 aliphatic carbocycles. The van der Waals surface area contributed by atoms with Crippen molar-refractivity contribution in [3.05, 3.63) is 57.4 Å². The van der Waals surface area contributed by atoms with Crippen LogP contribution in [0, 0.1) is 13.8 Å². The molecule has 1 aromatic carbocycles. The van der Waals surface area contributed by atoms with Gasteiger partial charge in [0.15, 0.2) is 12.4 Å². The van der Waals surface area contributed by atoms with E-state index in [0.29, 0.717) is 11.3 Å². The minimum absolute atomic E-state index is 0.0504. The first kappa shape index (κ1) is 23.2. The van der Waals surface area contributed by atoms with Crippen molar-refractivity contribution in [1.29, 1.82) is 0 Å². The normalized spacial score (nSPS) is 12.0. The molecule has 0 aliphatic rings. The van der Waals surface area contributed by atoms with E-state index in [1.54, 1.807) is 0 Å². The van der Waals surface area contributed by atoms with Crippen LogP contribution in [-0.2, 0) is 17.1 Å². The third-order valence-corrected chi connectivity index (χ3v) is 4.23. The zero-order valence-corrected chi connectivity index (χ0v) is 15.8. The third kappa shape index (κ3) is 4.89. The standard InChI is InChI=1S/C19H15F6NO4/c1-8-15(10(3)27)9(2)26-16(8)14(28)7-30-17(29)11-4-12(18(20,21)22)6-13(5-11)19(23,24)25/h4-6,26H,7H2,1-3H3. The number of aryl methyl sites for hydroxylation is 1. The van der Waals surface area contributed by atoms with Gasteiger partial charge >= 0.3 is 18.3 Å². The molecule has 0 aliphatic heterocycles. The summed E-state index contributed by atoms with van der Waals surface area (Å²) in [5.74, 6) is -2.66. The summed E-state index contributed by atoms with van der Waals surface area (Å²) in [6.45, 7) is 3.34. The molecule has 0 saturated heterocycles. The number of benzene rings is 1. The van der Waals surface area contributed by atoms with Crippen LogP contribution in [-0.4, -0.2) is 29.1 Å². The number of ketones is 2. The van der Waals surface area contributed by atoms with E-state index in [9.17, 15) is 40.7 Å². The van der Waals surface area contributed by atoms with Crippen LogP contribution in [0.5, 0.6) is 0 Å². The zero-order valence-electron chi connectivity index (χ0n) is 15.8. The van der Waals surface area contributed by atoms with E-state index < -0.39 is 47.4 Å². The van der Waals surface area contributed by atoms with Crippen molar-refractivity contribution in [2.75, 3.05) is 6.61 Å². The number of esters is 1. The van der Waals surface area contributed by atoms with Crippen LogP contribution in [0.2, 0.25) is 0 Å². The van der Waals surface area contributed by atoms with Gasteiger partial charge in [-0.15, -0.1) is 0 Å². The SMILES string of the molecule is CC(=O)c1c(C)[nH]c(C(=O)COC(=O)c2cc(C(F)(F)F)cc(C(F)(F)F)c2)c1C. The highest BCUT2D eigenvalue weighted by molar-refractivity contribution is 6.04. The van der Waals surface area contributed by atoms with Gasteiger partial charge in [-0.1, -0.05) is 0 Å². The number of carbonyl (C=O) groups excluding carboxylic acids is 3. The van der Waals surface area contributed by atoms with Crippen molar-refractivity contribution >= 4 is 17.5 Å². The van der Waals surface area contributed by atoms with Crippen molar-refractivity contribution in [2.45, 2.75) is 33.1 Å². The van der Waals surface area contributed by atoms with Crippen LogP contribution in [0.1, 0.15) is 60.5 Å². The number of rotatable bonds is 5. The number of hydrogen-bond donors (Lipinski definition) is 1. The van der Waals surface area contributed by atoms with Crippen LogP contribution in [0.4, 0.5) is 26.3 Å². The smallest absolute Gasteiger partial charge is 0.416 e. The Morgan fingerprint density at radius 2 is 1.43 bits per heavy atom. The molecule has 1 N–H and O–H groups in total. The third-order valence-electron chi connectivity index (χ3n) is 4.23. The van der Waals surface area contributed by atoms with E-state index in [4.69, 9.17) is 0 Å². The van der Waals surface area contributed by atoms with Crippen molar-refractivity contribution in [3.63, 3.8) is 0 Å². The van der Waals surface area contributed by atoms with E-state index in [1.165, 1.54) is 20.8 Å². The van der Waals surface area contributed by atoms with Gasteiger partial charge in [-0.3, -0.25) is 9.59 Å². The zero-order chi connectivity index (χ0) is 23.0. The summed E-state index contributed by atoms with van der Waals surface area (Å²) in [5.41, 5.74) is -3.48. The van der Waals surface area contributed by atoms with E-state index in [2.05, 4.69) is 9.72 Å². The van der Waals surface area contributed by atoms with Gasteiger partial charge in [0, 0.05) is 11.3 Å². The van der Waals surface area contributed by atoms with Gasteiger partial charge in [0.05, 0.1) is 22.4 Å². The van der Waals surface area contributed by atoms with Crippen molar-refractivity contribution in [2.24, 2.45) is 0 Å². The number of aromatic amines is 1. The van der Waals surface area contributed by atoms with Crippen molar-refractivity contribution in [1.82, 2.24) is 4.98 Å². The van der Waals surface area contributed by atoms with Gasteiger partial charge in [-0.05, 0) is 44.5 Å². The molecule has 11 heteroatoms. The fourth-order valence-corrected chi connectivity index (χ4v) is 2.92. The van der Waals surface area contributed by atoms with Crippen LogP contribution in [0.25, 0.3) is 0 Å². The van der Waals surface area contributed by atoms with Crippen LogP contribution in [0.15, 0.2) is 18.2 Å². The molecule has 30 heavy (non-hydrogen) atoms. The highest BCUT2D eigenvalue weighted by Crippen LogP contribution is 2.36. The van der Waals surface area contributed by atoms with Gasteiger partial charge in [0.1, 0.15) is 0 Å². The predicted octanol–water partition coefficient (Wildman–Crippen LogP) is 4.91. The number of nitrogens with one attached hydrogen (secondary N) is 1. The minimum atomic E-state index is -5.13. The Bertz CT molecular complexity index is 985. The quantitative estimate of drug-likeness (QED) is 0.411. The van der Waals surface area contributed by atoms with Gasteiger partial charge in [-0.2, -0.15) is 26.3 Å². The highest BCUT2D eigenvalue weighted by atomic mass is 19.4. The molecule has 2 rings (SSSR count). The monoisotopic (exact) mass is 435 g/mol. The van der Waals surface area contributed by atoms with Gasteiger partial charge in [0.25, 0.3) is 0 Å². The molecular weight excluding hydrogens is 420 g/mol. The Labute approximate surface area is 166 Å². The first-order valence-electron chi connectivity index (χ1n) is 8.32. The van der Waals surface area contributed by atoms with Crippen molar-refractivity contribution < 1.29 is 45.5 Å². The molecule has 0 unspecified atom stereocenters. The molecule has 0 radical (unpaired) electrons. The lowest BCUT2D eigenvalue weighted by atomic mass is 10.0. The molecule has 5 nitrogen and oxygen atoms in total. The molecule has 1 heterocycles. The first-order chi connectivity index (χ1) is 13.6. The molecule has 0 bridgehead atoms.